The van der Waals surface area contributed by atoms with Gasteiger partial charge in [-0.05, 0) is 18.1 Å². The van der Waals surface area contributed by atoms with Crippen molar-refractivity contribution in [1.29, 1.82) is 0 Å². The van der Waals surface area contributed by atoms with Crippen LogP contribution in [0.2, 0.25) is 0 Å². The van der Waals surface area contributed by atoms with Gasteiger partial charge in [-0.25, -0.2) is 0 Å². The Labute approximate surface area is 73.3 Å². The molecule has 0 bridgehead atoms. The predicted octanol–water partition coefficient (Wildman–Crippen LogP) is 1.81. The summed E-state index contributed by atoms with van der Waals surface area (Å²) in [4.78, 5) is 6.83. The third kappa shape index (κ3) is 1.17. The van der Waals surface area contributed by atoms with Crippen molar-refractivity contribution >= 4 is 5.84 Å². The molecule has 0 saturated carbocycles. The molecule has 2 nitrogen and oxygen atoms in total. The van der Waals surface area contributed by atoms with E-state index in [4.69, 9.17) is 0 Å². The molecule has 12 heavy (non-hydrogen) atoms. The first-order valence-corrected chi connectivity index (χ1v) is 4.46. The van der Waals surface area contributed by atoms with Crippen LogP contribution in [0.15, 0.2) is 29.4 Å². The second kappa shape index (κ2) is 2.77. The van der Waals surface area contributed by atoms with E-state index in [9.17, 15) is 0 Å². The van der Waals surface area contributed by atoms with Gasteiger partial charge in [0.25, 0.3) is 0 Å². The maximum Gasteiger partial charge on any atom is 0.127 e. The van der Waals surface area contributed by atoms with E-state index >= 15 is 0 Å². The number of hydrogen-bond donors (Lipinski definition) is 0. The molecule has 2 aliphatic heterocycles. The molecule has 2 aliphatic rings. The minimum Gasteiger partial charge on any atom is -0.331 e. The van der Waals surface area contributed by atoms with Crippen LogP contribution in [0.5, 0.6) is 0 Å². The molecule has 0 aromatic carbocycles. The molecule has 2 rings (SSSR count). The Kier molecular flexibility index (Phi) is 1.75. The van der Waals surface area contributed by atoms with Crippen molar-refractivity contribution in [2.24, 2.45) is 10.9 Å². The molecule has 0 aromatic rings. The molecule has 0 spiro atoms. The van der Waals surface area contributed by atoms with Gasteiger partial charge in [0.1, 0.15) is 5.84 Å². The molecule has 1 unspecified atom stereocenters. The van der Waals surface area contributed by atoms with E-state index in [1.165, 1.54) is 0 Å². The average Bonchev–Trinajstić information content (AvgIpc) is 2.46. The summed E-state index contributed by atoms with van der Waals surface area (Å²) < 4.78 is 0. The Hall–Kier alpha value is -1.05. The average molecular weight is 162 g/mol. The van der Waals surface area contributed by atoms with E-state index in [1.807, 2.05) is 6.08 Å². The predicted molar refractivity (Wildman–Crippen MR) is 51.0 cm³/mol. The number of allylic oxidation sites excluding steroid dienone is 2. The van der Waals surface area contributed by atoms with Gasteiger partial charge in [-0.1, -0.05) is 19.9 Å². The molecule has 0 fully saturated rings. The Morgan fingerprint density at radius 2 is 2.33 bits per heavy atom. The number of hydrogen-bond acceptors (Lipinski definition) is 2. The fraction of sp³-hybridized carbons (Fsp3) is 0.500. The first-order chi connectivity index (χ1) is 5.77. The summed E-state index contributed by atoms with van der Waals surface area (Å²) in [5.41, 5.74) is 0. The highest BCUT2D eigenvalue weighted by Gasteiger charge is 2.24. The van der Waals surface area contributed by atoms with E-state index in [1.54, 1.807) is 0 Å². The highest BCUT2D eigenvalue weighted by atomic mass is 15.2. The molecular weight excluding hydrogens is 148 g/mol. The van der Waals surface area contributed by atoms with Crippen LogP contribution in [-0.4, -0.2) is 23.3 Å². The lowest BCUT2D eigenvalue weighted by Gasteiger charge is -2.16. The molecule has 0 N–H and O–H groups in total. The summed E-state index contributed by atoms with van der Waals surface area (Å²) in [6.45, 7) is 5.50. The zero-order valence-corrected chi connectivity index (χ0v) is 7.57. The SMILES string of the molecule is CC(C)C1CN2C=CC=CC2=N1. The van der Waals surface area contributed by atoms with Crippen LogP contribution < -0.4 is 0 Å². The monoisotopic (exact) mass is 162 g/mol. The van der Waals surface area contributed by atoms with Crippen LogP contribution in [0.1, 0.15) is 13.8 Å². The summed E-state index contributed by atoms with van der Waals surface area (Å²) >= 11 is 0. The van der Waals surface area contributed by atoms with Crippen LogP contribution in [0.4, 0.5) is 0 Å². The Balaban J connectivity index is 2.17. The van der Waals surface area contributed by atoms with Gasteiger partial charge in [0.2, 0.25) is 0 Å². The minimum absolute atomic E-state index is 0.479. The highest BCUT2D eigenvalue weighted by Crippen LogP contribution is 2.18. The van der Waals surface area contributed by atoms with Crippen molar-refractivity contribution in [2.45, 2.75) is 19.9 Å². The second-order valence-corrected chi connectivity index (χ2v) is 3.65. The van der Waals surface area contributed by atoms with Gasteiger partial charge in [-0.15, -0.1) is 0 Å². The normalized spacial score (nSPS) is 26.4. The zero-order valence-electron chi connectivity index (χ0n) is 7.57. The number of amidine groups is 1. The number of fused-ring (bicyclic) bond motifs is 1. The van der Waals surface area contributed by atoms with E-state index in [0.717, 1.165) is 12.4 Å². The van der Waals surface area contributed by atoms with Crippen molar-refractivity contribution < 1.29 is 0 Å². The molecule has 0 aromatic heterocycles. The summed E-state index contributed by atoms with van der Waals surface area (Å²) in [6, 6.07) is 0.479. The molecule has 64 valence electrons. The van der Waals surface area contributed by atoms with E-state index in [-0.39, 0.29) is 0 Å². The lowest BCUT2D eigenvalue weighted by molar-refractivity contribution is 0.447. The Bertz CT molecular complexity index is 261. The fourth-order valence-corrected chi connectivity index (χ4v) is 1.51. The summed E-state index contributed by atoms with van der Waals surface area (Å²) in [5.74, 6) is 1.76. The molecule has 0 aliphatic carbocycles. The molecular formula is C10H14N2. The van der Waals surface area contributed by atoms with E-state index < -0.39 is 0 Å². The smallest absolute Gasteiger partial charge is 0.127 e. The Morgan fingerprint density at radius 1 is 1.50 bits per heavy atom. The van der Waals surface area contributed by atoms with Gasteiger partial charge >= 0.3 is 0 Å². The lowest BCUT2D eigenvalue weighted by Crippen LogP contribution is -2.25. The van der Waals surface area contributed by atoms with E-state index in [2.05, 4.69) is 42.1 Å². The molecule has 2 heteroatoms. The van der Waals surface area contributed by atoms with Crippen LogP contribution in [-0.2, 0) is 0 Å². The first-order valence-electron chi connectivity index (χ1n) is 4.46. The lowest BCUT2D eigenvalue weighted by atomic mass is 10.1. The first kappa shape index (κ1) is 7.59. The van der Waals surface area contributed by atoms with Crippen LogP contribution in [0.3, 0.4) is 0 Å². The minimum atomic E-state index is 0.479. The molecule has 0 radical (unpaired) electrons. The maximum absolute atomic E-state index is 4.61. The van der Waals surface area contributed by atoms with Crippen LogP contribution in [0, 0.1) is 5.92 Å². The fourth-order valence-electron chi connectivity index (χ4n) is 1.51. The summed E-state index contributed by atoms with van der Waals surface area (Å²) in [5, 5.41) is 0. The summed E-state index contributed by atoms with van der Waals surface area (Å²) in [6.07, 6.45) is 8.27. The topological polar surface area (TPSA) is 15.6 Å². The molecule has 2 heterocycles. The van der Waals surface area contributed by atoms with Crippen molar-refractivity contribution in [3.05, 3.63) is 24.4 Å². The number of rotatable bonds is 1. The standard InChI is InChI=1S/C10H14N2/c1-8(2)9-7-12-6-4-3-5-10(12)11-9/h3-6,8-9H,7H2,1-2H3. The van der Waals surface area contributed by atoms with Gasteiger partial charge in [-0.3, -0.25) is 4.99 Å². The molecule has 0 amide bonds. The van der Waals surface area contributed by atoms with Crippen LogP contribution in [0.25, 0.3) is 0 Å². The second-order valence-electron chi connectivity index (χ2n) is 3.65. The van der Waals surface area contributed by atoms with E-state index in [0.29, 0.717) is 12.0 Å². The maximum atomic E-state index is 4.61. The molecule has 0 saturated heterocycles. The molecule has 1 atom stereocenters. The third-order valence-electron chi connectivity index (χ3n) is 2.37. The largest absolute Gasteiger partial charge is 0.331 e. The van der Waals surface area contributed by atoms with Gasteiger partial charge in [0.15, 0.2) is 0 Å². The van der Waals surface area contributed by atoms with Crippen molar-refractivity contribution in [3.8, 4) is 0 Å². The Morgan fingerprint density at radius 3 is 3.00 bits per heavy atom. The van der Waals surface area contributed by atoms with Gasteiger partial charge in [0.05, 0.1) is 6.04 Å². The van der Waals surface area contributed by atoms with Crippen LogP contribution >= 0.6 is 0 Å². The number of aliphatic imine (C=N–C) groups is 1. The van der Waals surface area contributed by atoms with Gasteiger partial charge < -0.3 is 4.90 Å². The van der Waals surface area contributed by atoms with Crippen molar-refractivity contribution in [3.63, 3.8) is 0 Å². The zero-order chi connectivity index (χ0) is 8.55. The quantitative estimate of drug-likeness (QED) is 0.574. The number of nitrogens with zero attached hydrogens (tertiary/aromatic N) is 2. The highest BCUT2D eigenvalue weighted by molar-refractivity contribution is 5.96. The summed E-state index contributed by atoms with van der Waals surface area (Å²) in [7, 11) is 0. The third-order valence-corrected chi connectivity index (χ3v) is 2.37. The van der Waals surface area contributed by atoms with Crippen molar-refractivity contribution in [2.75, 3.05) is 6.54 Å². The van der Waals surface area contributed by atoms with Gasteiger partial charge in [-0.2, -0.15) is 0 Å². The van der Waals surface area contributed by atoms with Gasteiger partial charge in [0, 0.05) is 12.7 Å². The van der Waals surface area contributed by atoms with Crippen molar-refractivity contribution in [1.82, 2.24) is 4.90 Å².